The molecule has 0 atom stereocenters. The molecule has 78 valence electrons. The molecule has 0 saturated heterocycles. The first-order valence-corrected chi connectivity index (χ1v) is 4.54. The van der Waals surface area contributed by atoms with Gasteiger partial charge >= 0.3 is 0 Å². The van der Waals surface area contributed by atoms with E-state index < -0.39 is 0 Å². The Bertz CT molecular complexity index is 299. The number of benzene rings is 1. The van der Waals surface area contributed by atoms with Crippen LogP contribution >= 0.6 is 12.4 Å². The van der Waals surface area contributed by atoms with Crippen molar-refractivity contribution in [3.05, 3.63) is 48.0 Å². The third-order valence-electron chi connectivity index (χ3n) is 2.08. The predicted octanol–water partition coefficient (Wildman–Crippen LogP) is 3.03. The van der Waals surface area contributed by atoms with Gasteiger partial charge in [-0.2, -0.15) is 0 Å². The molecule has 0 aromatic heterocycles. The maximum atomic E-state index is 6.05. The van der Waals surface area contributed by atoms with E-state index in [9.17, 15) is 0 Å². The third-order valence-corrected chi connectivity index (χ3v) is 2.08. The highest BCUT2D eigenvalue weighted by molar-refractivity contribution is 5.85. The highest BCUT2D eigenvalue weighted by Gasteiger charge is 2.16. The monoisotopic (exact) mass is 211 g/mol. The molecule has 0 radical (unpaired) electrons. The summed E-state index contributed by atoms with van der Waals surface area (Å²) in [7, 11) is 0. The molecule has 0 heterocycles. The number of nitrogens with two attached hydrogens (primary N) is 1. The van der Waals surface area contributed by atoms with E-state index >= 15 is 0 Å². The summed E-state index contributed by atoms with van der Waals surface area (Å²) in [5, 5.41) is 0. The maximum Gasteiger partial charge on any atom is 0.0355 e. The van der Waals surface area contributed by atoms with Crippen molar-refractivity contribution >= 4 is 12.4 Å². The Morgan fingerprint density at radius 1 is 1.36 bits per heavy atom. The highest BCUT2D eigenvalue weighted by Crippen LogP contribution is 2.21. The lowest BCUT2D eigenvalue weighted by Gasteiger charge is -2.22. The fraction of sp³-hybridized carbons (Fsp3) is 0.333. The van der Waals surface area contributed by atoms with Crippen LogP contribution in [0.3, 0.4) is 0 Å². The van der Waals surface area contributed by atoms with Crippen LogP contribution < -0.4 is 5.73 Å². The van der Waals surface area contributed by atoms with Crippen LogP contribution in [0.4, 0.5) is 0 Å². The van der Waals surface area contributed by atoms with Gasteiger partial charge in [0.1, 0.15) is 0 Å². The molecule has 0 aliphatic carbocycles. The quantitative estimate of drug-likeness (QED) is 0.765. The molecular weight excluding hydrogens is 194 g/mol. The first kappa shape index (κ1) is 13.2. The van der Waals surface area contributed by atoms with Gasteiger partial charge in [-0.05, 0) is 31.4 Å². The van der Waals surface area contributed by atoms with E-state index in [1.165, 1.54) is 11.1 Å². The average Bonchev–Trinajstić information content (AvgIpc) is 2.04. The second kappa shape index (κ2) is 5.18. The van der Waals surface area contributed by atoms with Gasteiger partial charge < -0.3 is 5.73 Å². The van der Waals surface area contributed by atoms with Gasteiger partial charge in [-0.25, -0.2) is 0 Å². The van der Waals surface area contributed by atoms with Crippen LogP contribution in [-0.2, 0) is 12.0 Å². The zero-order valence-corrected chi connectivity index (χ0v) is 9.60. The molecule has 1 rings (SSSR count). The van der Waals surface area contributed by atoms with Crippen molar-refractivity contribution in [3.8, 4) is 0 Å². The van der Waals surface area contributed by atoms with Crippen LogP contribution in [0.1, 0.15) is 25.0 Å². The summed E-state index contributed by atoms with van der Waals surface area (Å²) in [6.07, 6.45) is 2.79. The van der Waals surface area contributed by atoms with Crippen LogP contribution in [0, 0.1) is 0 Å². The van der Waals surface area contributed by atoms with Crippen molar-refractivity contribution in [2.75, 3.05) is 0 Å². The molecular formula is C12H18ClN. The van der Waals surface area contributed by atoms with Gasteiger partial charge in [-0.15, -0.1) is 19.0 Å². The standard InChI is InChI=1S/C12H17N.ClH/c1-4-7-10-8-5-6-9-11(10)12(2,3)13;/h4-6,8-9H,1,7,13H2,2-3H3;1H. The van der Waals surface area contributed by atoms with Crippen LogP contribution in [0.25, 0.3) is 0 Å². The molecule has 0 bridgehead atoms. The van der Waals surface area contributed by atoms with Gasteiger partial charge in [-0.3, -0.25) is 0 Å². The van der Waals surface area contributed by atoms with Gasteiger partial charge in [0, 0.05) is 5.54 Å². The Kier molecular flexibility index (Phi) is 4.89. The van der Waals surface area contributed by atoms with Crippen molar-refractivity contribution in [1.29, 1.82) is 0 Å². The first-order chi connectivity index (χ1) is 6.05. The molecule has 0 fully saturated rings. The molecule has 1 aromatic rings. The Labute approximate surface area is 92.4 Å². The minimum absolute atomic E-state index is 0. The van der Waals surface area contributed by atoms with Gasteiger partial charge in [-0.1, -0.05) is 30.3 Å². The largest absolute Gasteiger partial charge is 0.322 e. The van der Waals surface area contributed by atoms with Crippen molar-refractivity contribution in [2.45, 2.75) is 25.8 Å². The lowest BCUT2D eigenvalue weighted by Crippen LogP contribution is -2.29. The van der Waals surface area contributed by atoms with Gasteiger partial charge in [0.25, 0.3) is 0 Å². The molecule has 1 aromatic carbocycles. The average molecular weight is 212 g/mol. The first-order valence-electron chi connectivity index (χ1n) is 4.54. The van der Waals surface area contributed by atoms with E-state index in [1.807, 2.05) is 32.1 Å². The van der Waals surface area contributed by atoms with E-state index in [4.69, 9.17) is 5.73 Å². The second-order valence-corrected chi connectivity index (χ2v) is 3.87. The normalized spacial score (nSPS) is 10.5. The second-order valence-electron chi connectivity index (χ2n) is 3.87. The number of hydrogen-bond donors (Lipinski definition) is 1. The summed E-state index contributed by atoms with van der Waals surface area (Å²) >= 11 is 0. The summed E-state index contributed by atoms with van der Waals surface area (Å²) in [6.45, 7) is 7.78. The Hall–Kier alpha value is -0.790. The third kappa shape index (κ3) is 3.17. The molecule has 0 aliphatic rings. The Balaban J connectivity index is 0.00000169. The minimum atomic E-state index is -0.264. The zero-order chi connectivity index (χ0) is 9.90. The van der Waals surface area contributed by atoms with E-state index in [2.05, 4.69) is 18.7 Å². The van der Waals surface area contributed by atoms with Gasteiger partial charge in [0.2, 0.25) is 0 Å². The van der Waals surface area contributed by atoms with E-state index in [1.54, 1.807) is 0 Å². The van der Waals surface area contributed by atoms with E-state index in [0.717, 1.165) is 6.42 Å². The molecule has 14 heavy (non-hydrogen) atoms. The summed E-state index contributed by atoms with van der Waals surface area (Å²) in [4.78, 5) is 0. The summed E-state index contributed by atoms with van der Waals surface area (Å²) in [6, 6.07) is 8.25. The summed E-state index contributed by atoms with van der Waals surface area (Å²) in [5.74, 6) is 0. The lowest BCUT2D eigenvalue weighted by molar-refractivity contribution is 0.549. The predicted molar refractivity (Wildman–Crippen MR) is 64.8 cm³/mol. The zero-order valence-electron chi connectivity index (χ0n) is 8.79. The van der Waals surface area contributed by atoms with E-state index in [0.29, 0.717) is 0 Å². The Morgan fingerprint density at radius 3 is 2.43 bits per heavy atom. The highest BCUT2D eigenvalue weighted by atomic mass is 35.5. The maximum absolute atomic E-state index is 6.05. The lowest BCUT2D eigenvalue weighted by atomic mass is 9.90. The molecule has 1 nitrogen and oxygen atoms in total. The number of allylic oxidation sites excluding steroid dienone is 1. The topological polar surface area (TPSA) is 26.0 Å². The molecule has 0 amide bonds. The SMILES string of the molecule is C=CCc1ccccc1C(C)(C)N.Cl. The van der Waals surface area contributed by atoms with Crippen LogP contribution in [0.15, 0.2) is 36.9 Å². The molecule has 0 spiro atoms. The summed E-state index contributed by atoms with van der Waals surface area (Å²) < 4.78 is 0. The number of hydrogen-bond acceptors (Lipinski definition) is 1. The fourth-order valence-electron chi connectivity index (χ4n) is 1.48. The van der Waals surface area contributed by atoms with Crippen molar-refractivity contribution in [2.24, 2.45) is 5.73 Å². The van der Waals surface area contributed by atoms with Crippen LogP contribution in [0.2, 0.25) is 0 Å². The van der Waals surface area contributed by atoms with Crippen molar-refractivity contribution in [1.82, 2.24) is 0 Å². The molecule has 2 N–H and O–H groups in total. The molecule has 2 heteroatoms. The summed E-state index contributed by atoms with van der Waals surface area (Å²) in [5.41, 5.74) is 8.26. The Morgan fingerprint density at radius 2 is 1.93 bits per heavy atom. The van der Waals surface area contributed by atoms with E-state index in [-0.39, 0.29) is 17.9 Å². The van der Waals surface area contributed by atoms with Crippen molar-refractivity contribution in [3.63, 3.8) is 0 Å². The van der Waals surface area contributed by atoms with Crippen LogP contribution in [0.5, 0.6) is 0 Å². The minimum Gasteiger partial charge on any atom is -0.322 e. The molecule has 0 unspecified atom stereocenters. The van der Waals surface area contributed by atoms with Gasteiger partial charge in [0.05, 0.1) is 0 Å². The number of halogens is 1. The number of rotatable bonds is 3. The molecule has 0 saturated carbocycles. The van der Waals surface area contributed by atoms with Crippen LogP contribution in [-0.4, -0.2) is 0 Å². The fourth-order valence-corrected chi connectivity index (χ4v) is 1.48. The van der Waals surface area contributed by atoms with Gasteiger partial charge in [0.15, 0.2) is 0 Å². The smallest absolute Gasteiger partial charge is 0.0355 e. The molecule has 0 aliphatic heterocycles. The van der Waals surface area contributed by atoms with Crippen molar-refractivity contribution < 1.29 is 0 Å².